The van der Waals surface area contributed by atoms with Crippen LogP contribution in [0.1, 0.15) is 46.5 Å². The summed E-state index contributed by atoms with van der Waals surface area (Å²) in [5.74, 6) is 0. The summed E-state index contributed by atoms with van der Waals surface area (Å²) in [7, 11) is 0. The summed E-state index contributed by atoms with van der Waals surface area (Å²) < 4.78 is 5.42. The molecule has 1 aliphatic carbocycles. The first-order valence-electron chi connectivity index (χ1n) is 6.53. The third-order valence-electron chi connectivity index (χ3n) is 3.74. The summed E-state index contributed by atoms with van der Waals surface area (Å²) in [6.45, 7) is 7.15. The number of ether oxygens (including phenoxy) is 1. The van der Waals surface area contributed by atoms with Gasteiger partial charge in [-0.1, -0.05) is 6.42 Å². The predicted octanol–water partition coefficient (Wildman–Crippen LogP) is 2.12. The minimum absolute atomic E-state index is 0.108. The van der Waals surface area contributed by atoms with E-state index < -0.39 is 5.60 Å². The van der Waals surface area contributed by atoms with Crippen LogP contribution in [0.3, 0.4) is 0 Å². The minimum atomic E-state index is -0.425. The third kappa shape index (κ3) is 2.92. The second-order valence-corrected chi connectivity index (χ2v) is 6.68. The minimum Gasteiger partial charge on any atom is -0.444 e. The maximum Gasteiger partial charge on any atom is 0.410 e. The van der Waals surface area contributed by atoms with E-state index in [2.05, 4.69) is 0 Å². The Morgan fingerprint density at radius 3 is 2.53 bits per heavy atom. The summed E-state index contributed by atoms with van der Waals surface area (Å²) in [5.41, 5.74) is 5.94. The van der Waals surface area contributed by atoms with Crippen molar-refractivity contribution in [3.05, 3.63) is 0 Å². The number of hydrogen-bond donors (Lipinski definition) is 1. The zero-order valence-electron chi connectivity index (χ0n) is 11.2. The van der Waals surface area contributed by atoms with Crippen LogP contribution in [0.4, 0.5) is 4.79 Å². The van der Waals surface area contributed by atoms with Crippen LogP contribution in [-0.2, 0) is 4.74 Å². The molecule has 17 heavy (non-hydrogen) atoms. The molecule has 2 rings (SSSR count). The van der Waals surface area contributed by atoms with Gasteiger partial charge in [-0.05, 0) is 45.4 Å². The number of piperidine rings is 1. The number of likely N-dealkylation sites (tertiary alicyclic amines) is 1. The lowest BCUT2D eigenvalue weighted by Crippen LogP contribution is -2.57. The Hall–Kier alpha value is -0.770. The Balaban J connectivity index is 1.98. The predicted molar refractivity (Wildman–Crippen MR) is 66.7 cm³/mol. The fourth-order valence-electron chi connectivity index (χ4n) is 2.94. The van der Waals surface area contributed by atoms with Crippen molar-refractivity contribution in [2.24, 2.45) is 11.1 Å². The summed E-state index contributed by atoms with van der Waals surface area (Å²) in [6.07, 6.45) is 4.54. The number of carbonyl (C=O) groups excluding carboxylic acids is 1. The lowest BCUT2D eigenvalue weighted by molar-refractivity contribution is -0.0206. The molecule has 1 saturated carbocycles. The average molecular weight is 240 g/mol. The van der Waals surface area contributed by atoms with Crippen molar-refractivity contribution in [2.75, 3.05) is 13.1 Å². The highest BCUT2D eigenvalue weighted by Crippen LogP contribution is 2.47. The van der Waals surface area contributed by atoms with E-state index in [1.54, 1.807) is 4.90 Å². The lowest BCUT2D eigenvalue weighted by Gasteiger charge is -2.50. The van der Waals surface area contributed by atoms with E-state index >= 15 is 0 Å². The van der Waals surface area contributed by atoms with Gasteiger partial charge in [0.2, 0.25) is 0 Å². The third-order valence-corrected chi connectivity index (χ3v) is 3.74. The van der Waals surface area contributed by atoms with Gasteiger partial charge in [-0.2, -0.15) is 0 Å². The van der Waals surface area contributed by atoms with Gasteiger partial charge in [-0.3, -0.25) is 0 Å². The molecule has 1 atom stereocenters. The van der Waals surface area contributed by atoms with Crippen LogP contribution in [0.5, 0.6) is 0 Å². The molecule has 2 fully saturated rings. The van der Waals surface area contributed by atoms with Gasteiger partial charge in [-0.25, -0.2) is 4.79 Å². The summed E-state index contributed by atoms with van der Waals surface area (Å²) in [6, 6.07) is 0.108. The van der Waals surface area contributed by atoms with Gasteiger partial charge in [0.1, 0.15) is 5.60 Å². The van der Waals surface area contributed by atoms with Crippen molar-refractivity contribution in [1.29, 1.82) is 0 Å². The Kier molecular flexibility index (Phi) is 3.10. The molecule has 0 aromatic heterocycles. The van der Waals surface area contributed by atoms with Crippen molar-refractivity contribution in [3.8, 4) is 0 Å². The van der Waals surface area contributed by atoms with Crippen molar-refractivity contribution < 1.29 is 9.53 Å². The van der Waals surface area contributed by atoms with Crippen LogP contribution < -0.4 is 5.73 Å². The standard InChI is InChI=1S/C13H24N2O2/c1-12(2,3)17-11(16)15-8-10(14)7-13(9-15)5-4-6-13/h10H,4-9,14H2,1-3H3. The number of nitrogens with two attached hydrogens (primary N) is 1. The summed E-state index contributed by atoms with van der Waals surface area (Å²) in [5, 5.41) is 0. The second-order valence-electron chi connectivity index (χ2n) is 6.68. The molecule has 4 heteroatoms. The summed E-state index contributed by atoms with van der Waals surface area (Å²) in [4.78, 5) is 13.8. The van der Waals surface area contributed by atoms with E-state index in [1.165, 1.54) is 19.3 Å². The molecule has 98 valence electrons. The number of rotatable bonds is 0. The van der Waals surface area contributed by atoms with Crippen LogP contribution in [0.15, 0.2) is 0 Å². The molecular weight excluding hydrogens is 216 g/mol. The summed E-state index contributed by atoms with van der Waals surface area (Å²) >= 11 is 0. The zero-order valence-corrected chi connectivity index (χ0v) is 11.2. The first-order valence-corrected chi connectivity index (χ1v) is 6.53. The molecule has 2 N–H and O–H groups in total. The van der Waals surface area contributed by atoms with Gasteiger partial charge >= 0.3 is 6.09 Å². The molecular formula is C13H24N2O2. The van der Waals surface area contributed by atoms with Crippen LogP contribution in [0, 0.1) is 5.41 Å². The van der Waals surface area contributed by atoms with Gasteiger partial charge in [0.25, 0.3) is 0 Å². The lowest BCUT2D eigenvalue weighted by atomic mass is 9.63. The molecule has 1 saturated heterocycles. The molecule has 1 amide bonds. The maximum absolute atomic E-state index is 12.0. The van der Waals surface area contributed by atoms with E-state index in [-0.39, 0.29) is 12.1 Å². The molecule has 1 unspecified atom stereocenters. The fraction of sp³-hybridized carbons (Fsp3) is 0.923. The van der Waals surface area contributed by atoms with E-state index in [4.69, 9.17) is 10.5 Å². The molecule has 0 aromatic rings. The Morgan fingerprint density at radius 1 is 1.41 bits per heavy atom. The van der Waals surface area contributed by atoms with Crippen molar-refractivity contribution in [1.82, 2.24) is 4.90 Å². The molecule has 1 aliphatic heterocycles. The SMILES string of the molecule is CC(C)(C)OC(=O)N1CC(N)CC2(CCC2)C1. The topological polar surface area (TPSA) is 55.6 Å². The molecule has 1 spiro atoms. The highest BCUT2D eigenvalue weighted by Gasteiger charge is 2.45. The van der Waals surface area contributed by atoms with Crippen LogP contribution in [0.2, 0.25) is 0 Å². The van der Waals surface area contributed by atoms with E-state index in [1.807, 2.05) is 20.8 Å². The van der Waals surface area contributed by atoms with Crippen molar-refractivity contribution in [3.63, 3.8) is 0 Å². The zero-order chi connectivity index (χ0) is 12.7. The molecule has 1 heterocycles. The number of hydrogen-bond acceptors (Lipinski definition) is 3. The van der Waals surface area contributed by atoms with Gasteiger partial charge in [0, 0.05) is 19.1 Å². The quantitative estimate of drug-likeness (QED) is 0.705. The Bertz CT molecular complexity index is 305. The normalized spacial score (nSPS) is 27.8. The van der Waals surface area contributed by atoms with Gasteiger partial charge < -0.3 is 15.4 Å². The van der Waals surface area contributed by atoms with Gasteiger partial charge in [0.15, 0.2) is 0 Å². The molecule has 0 aromatic carbocycles. The van der Waals surface area contributed by atoms with Crippen molar-refractivity contribution in [2.45, 2.75) is 58.1 Å². The molecule has 0 radical (unpaired) electrons. The van der Waals surface area contributed by atoms with E-state index in [0.717, 1.165) is 13.0 Å². The highest BCUT2D eigenvalue weighted by molar-refractivity contribution is 5.68. The first kappa shape index (κ1) is 12.7. The molecule has 2 aliphatic rings. The smallest absolute Gasteiger partial charge is 0.410 e. The molecule has 0 bridgehead atoms. The molecule has 4 nitrogen and oxygen atoms in total. The Labute approximate surface area is 103 Å². The largest absolute Gasteiger partial charge is 0.444 e. The number of carbonyl (C=O) groups is 1. The number of nitrogens with zero attached hydrogens (tertiary/aromatic N) is 1. The van der Waals surface area contributed by atoms with Crippen LogP contribution in [-0.4, -0.2) is 35.7 Å². The van der Waals surface area contributed by atoms with Crippen molar-refractivity contribution >= 4 is 6.09 Å². The van der Waals surface area contributed by atoms with E-state index in [9.17, 15) is 4.79 Å². The Morgan fingerprint density at radius 2 is 2.06 bits per heavy atom. The monoisotopic (exact) mass is 240 g/mol. The van der Waals surface area contributed by atoms with E-state index in [0.29, 0.717) is 12.0 Å². The second kappa shape index (κ2) is 4.16. The number of amides is 1. The van der Waals surface area contributed by atoms with Gasteiger partial charge in [-0.15, -0.1) is 0 Å². The maximum atomic E-state index is 12.0. The first-order chi connectivity index (χ1) is 7.80. The highest BCUT2D eigenvalue weighted by atomic mass is 16.6. The fourth-order valence-corrected chi connectivity index (χ4v) is 2.94. The van der Waals surface area contributed by atoms with Gasteiger partial charge in [0.05, 0.1) is 0 Å². The average Bonchev–Trinajstić information content (AvgIpc) is 2.11. The van der Waals surface area contributed by atoms with Crippen LogP contribution in [0.25, 0.3) is 0 Å². The van der Waals surface area contributed by atoms with Crippen LogP contribution >= 0.6 is 0 Å².